The molecule has 1 fully saturated rings. The van der Waals surface area contributed by atoms with Crippen molar-refractivity contribution in [2.45, 2.75) is 34.1 Å². The van der Waals surface area contributed by atoms with Gasteiger partial charge in [-0.05, 0) is 38.2 Å². The highest BCUT2D eigenvalue weighted by molar-refractivity contribution is 6.01. The fourth-order valence-electron chi connectivity index (χ4n) is 2.87. The van der Waals surface area contributed by atoms with Gasteiger partial charge in [0.05, 0.1) is 16.9 Å². The number of nitrogens with two attached hydrogens (primary N) is 1. The molecule has 0 radical (unpaired) electrons. The van der Waals surface area contributed by atoms with Crippen LogP contribution >= 0.6 is 0 Å². The normalized spacial score (nSPS) is 23.5. The lowest BCUT2D eigenvalue weighted by molar-refractivity contribution is 0.324. The Morgan fingerprint density at radius 3 is 2.63 bits per heavy atom. The molecule has 4 nitrogen and oxygen atoms in total. The number of piperidine rings is 1. The summed E-state index contributed by atoms with van der Waals surface area (Å²) >= 11 is 0. The van der Waals surface area contributed by atoms with E-state index in [1.807, 2.05) is 13.8 Å². The maximum absolute atomic E-state index is 7.81. The van der Waals surface area contributed by atoms with Gasteiger partial charge in [-0.3, -0.25) is 10.4 Å². The van der Waals surface area contributed by atoms with E-state index in [1.165, 1.54) is 6.42 Å². The van der Waals surface area contributed by atoms with Crippen molar-refractivity contribution in [3.8, 4) is 0 Å². The summed E-state index contributed by atoms with van der Waals surface area (Å²) in [5.41, 5.74) is 9.47. The molecule has 1 saturated heterocycles. The molecule has 1 aliphatic rings. The standard InChI is InChI=1S/C15H24N4/c1-9-5-6-19(8-10(9)2)13-7-11(3)18-12(4)14(13)15(16)17/h7,9-10H,5-6,8H2,1-4H3,(H3,16,17). The Morgan fingerprint density at radius 1 is 1.37 bits per heavy atom. The molecular weight excluding hydrogens is 236 g/mol. The van der Waals surface area contributed by atoms with Crippen molar-refractivity contribution in [3.63, 3.8) is 0 Å². The van der Waals surface area contributed by atoms with Crippen LogP contribution in [0.3, 0.4) is 0 Å². The molecule has 2 atom stereocenters. The van der Waals surface area contributed by atoms with Crippen LogP contribution in [0.5, 0.6) is 0 Å². The van der Waals surface area contributed by atoms with Crippen molar-refractivity contribution in [1.82, 2.24) is 4.98 Å². The first-order valence-corrected chi connectivity index (χ1v) is 6.97. The summed E-state index contributed by atoms with van der Waals surface area (Å²) in [4.78, 5) is 6.80. The first-order chi connectivity index (χ1) is 8.90. The van der Waals surface area contributed by atoms with Crippen LogP contribution in [0, 0.1) is 31.1 Å². The van der Waals surface area contributed by atoms with E-state index in [4.69, 9.17) is 11.1 Å². The van der Waals surface area contributed by atoms with Gasteiger partial charge in [-0.25, -0.2) is 0 Å². The number of rotatable bonds is 2. The van der Waals surface area contributed by atoms with Crippen LogP contribution in [0.2, 0.25) is 0 Å². The minimum Gasteiger partial charge on any atom is -0.384 e. The lowest BCUT2D eigenvalue weighted by Gasteiger charge is -2.38. The second-order valence-corrected chi connectivity index (χ2v) is 5.85. The van der Waals surface area contributed by atoms with Gasteiger partial charge in [0.15, 0.2) is 0 Å². The van der Waals surface area contributed by atoms with Gasteiger partial charge in [0.2, 0.25) is 0 Å². The molecule has 4 heteroatoms. The Morgan fingerprint density at radius 2 is 2.05 bits per heavy atom. The van der Waals surface area contributed by atoms with Crippen LogP contribution in [-0.4, -0.2) is 23.9 Å². The number of hydrogen-bond donors (Lipinski definition) is 2. The van der Waals surface area contributed by atoms with E-state index in [2.05, 4.69) is 29.8 Å². The number of amidine groups is 1. The third-order valence-electron chi connectivity index (χ3n) is 4.25. The number of nitrogens with zero attached hydrogens (tertiary/aromatic N) is 2. The second-order valence-electron chi connectivity index (χ2n) is 5.85. The number of nitrogens with one attached hydrogen (secondary N) is 1. The minimum absolute atomic E-state index is 0.117. The molecule has 0 aliphatic carbocycles. The summed E-state index contributed by atoms with van der Waals surface area (Å²) in [5, 5.41) is 7.81. The Labute approximate surface area is 115 Å². The predicted molar refractivity (Wildman–Crippen MR) is 79.9 cm³/mol. The SMILES string of the molecule is Cc1cc(N2CCC(C)C(C)C2)c(C(=N)N)c(C)n1. The predicted octanol–water partition coefficient (Wildman–Crippen LogP) is 2.46. The lowest BCUT2D eigenvalue weighted by atomic mass is 9.88. The molecule has 0 aromatic carbocycles. The molecule has 0 saturated carbocycles. The summed E-state index contributed by atoms with van der Waals surface area (Å²) < 4.78 is 0. The summed E-state index contributed by atoms with van der Waals surface area (Å²) in [7, 11) is 0. The summed E-state index contributed by atoms with van der Waals surface area (Å²) in [6, 6.07) is 2.06. The van der Waals surface area contributed by atoms with E-state index < -0.39 is 0 Å². The molecule has 3 N–H and O–H groups in total. The zero-order valence-electron chi connectivity index (χ0n) is 12.3. The van der Waals surface area contributed by atoms with Gasteiger partial charge in [-0.15, -0.1) is 0 Å². The molecule has 0 bridgehead atoms. The van der Waals surface area contributed by atoms with E-state index in [1.54, 1.807) is 0 Å². The molecule has 1 aromatic heterocycles. The second kappa shape index (κ2) is 5.19. The van der Waals surface area contributed by atoms with E-state index >= 15 is 0 Å². The molecule has 2 rings (SSSR count). The molecule has 0 amide bonds. The smallest absolute Gasteiger partial charge is 0.126 e. The minimum atomic E-state index is 0.117. The van der Waals surface area contributed by atoms with Crippen molar-refractivity contribution in [3.05, 3.63) is 23.0 Å². The van der Waals surface area contributed by atoms with E-state index in [-0.39, 0.29) is 5.84 Å². The number of pyridine rings is 1. The molecule has 1 aliphatic heterocycles. The average molecular weight is 260 g/mol. The highest BCUT2D eigenvalue weighted by Gasteiger charge is 2.25. The number of aromatic nitrogens is 1. The first kappa shape index (κ1) is 13.8. The van der Waals surface area contributed by atoms with E-state index in [0.29, 0.717) is 5.92 Å². The molecule has 1 aromatic rings. The van der Waals surface area contributed by atoms with Crippen LogP contribution in [0.1, 0.15) is 37.2 Å². The number of anilines is 1. The van der Waals surface area contributed by atoms with Gasteiger partial charge < -0.3 is 10.6 Å². The van der Waals surface area contributed by atoms with Crippen LogP contribution in [0.25, 0.3) is 0 Å². The topological polar surface area (TPSA) is 66.0 Å². The Bertz CT molecular complexity index is 495. The average Bonchev–Trinajstić information content (AvgIpc) is 2.31. The summed E-state index contributed by atoms with van der Waals surface area (Å²) in [5.74, 6) is 1.55. The number of aryl methyl sites for hydroxylation is 2. The van der Waals surface area contributed by atoms with Crippen LogP contribution < -0.4 is 10.6 Å². The molecule has 19 heavy (non-hydrogen) atoms. The van der Waals surface area contributed by atoms with Gasteiger partial charge in [-0.1, -0.05) is 13.8 Å². The van der Waals surface area contributed by atoms with Gasteiger partial charge >= 0.3 is 0 Å². The number of hydrogen-bond acceptors (Lipinski definition) is 3. The maximum Gasteiger partial charge on any atom is 0.126 e. The Balaban J connectivity index is 2.41. The van der Waals surface area contributed by atoms with Crippen molar-refractivity contribution < 1.29 is 0 Å². The van der Waals surface area contributed by atoms with Crippen LogP contribution in [0.4, 0.5) is 5.69 Å². The monoisotopic (exact) mass is 260 g/mol. The fraction of sp³-hybridized carbons (Fsp3) is 0.600. The van der Waals surface area contributed by atoms with Gasteiger partial charge in [0.25, 0.3) is 0 Å². The van der Waals surface area contributed by atoms with Crippen LogP contribution in [-0.2, 0) is 0 Å². The largest absolute Gasteiger partial charge is 0.384 e. The fourth-order valence-corrected chi connectivity index (χ4v) is 2.87. The van der Waals surface area contributed by atoms with E-state index in [0.717, 1.165) is 41.6 Å². The van der Waals surface area contributed by atoms with Crippen molar-refractivity contribution in [2.75, 3.05) is 18.0 Å². The van der Waals surface area contributed by atoms with Gasteiger partial charge in [0, 0.05) is 18.8 Å². The summed E-state index contributed by atoms with van der Waals surface area (Å²) in [6.07, 6.45) is 1.19. The first-order valence-electron chi connectivity index (χ1n) is 6.97. The lowest BCUT2D eigenvalue weighted by Crippen LogP contribution is -2.39. The van der Waals surface area contributed by atoms with Crippen molar-refractivity contribution >= 4 is 11.5 Å². The van der Waals surface area contributed by atoms with Gasteiger partial charge in [-0.2, -0.15) is 0 Å². The number of nitrogen functional groups attached to an aromatic ring is 1. The highest BCUT2D eigenvalue weighted by Crippen LogP contribution is 2.30. The molecule has 2 unspecified atom stereocenters. The van der Waals surface area contributed by atoms with Crippen molar-refractivity contribution in [2.24, 2.45) is 17.6 Å². The third kappa shape index (κ3) is 2.72. The van der Waals surface area contributed by atoms with E-state index in [9.17, 15) is 0 Å². The quantitative estimate of drug-likeness (QED) is 0.634. The zero-order valence-corrected chi connectivity index (χ0v) is 12.3. The highest BCUT2D eigenvalue weighted by atomic mass is 15.1. The van der Waals surface area contributed by atoms with Crippen LogP contribution in [0.15, 0.2) is 6.07 Å². The van der Waals surface area contributed by atoms with Crippen molar-refractivity contribution in [1.29, 1.82) is 5.41 Å². The molecular formula is C15H24N4. The Hall–Kier alpha value is -1.58. The molecule has 2 heterocycles. The third-order valence-corrected chi connectivity index (χ3v) is 4.25. The van der Waals surface area contributed by atoms with Gasteiger partial charge in [0.1, 0.15) is 5.84 Å². The molecule has 0 spiro atoms. The maximum atomic E-state index is 7.81. The Kier molecular flexibility index (Phi) is 3.78. The zero-order chi connectivity index (χ0) is 14.2. The molecule has 104 valence electrons. The summed E-state index contributed by atoms with van der Waals surface area (Å²) in [6.45, 7) is 10.6.